The van der Waals surface area contributed by atoms with E-state index in [-0.39, 0.29) is 31.4 Å². The average Bonchev–Trinajstić information content (AvgIpc) is 2.55. The van der Waals surface area contributed by atoms with Crippen LogP contribution in [0.2, 0.25) is 0 Å². The van der Waals surface area contributed by atoms with Crippen molar-refractivity contribution < 1.29 is 19.1 Å². The van der Waals surface area contributed by atoms with Gasteiger partial charge in [-0.1, -0.05) is 51.2 Å². The second-order valence-corrected chi connectivity index (χ2v) is 5.85. The highest BCUT2D eigenvalue weighted by molar-refractivity contribution is 6.17. The van der Waals surface area contributed by atoms with Gasteiger partial charge in [0.2, 0.25) is 0 Å². The predicted octanol–water partition coefficient (Wildman–Crippen LogP) is 4.79. The van der Waals surface area contributed by atoms with Crippen LogP contribution in [0.5, 0.6) is 0 Å². The fraction of sp³-hybridized carbons (Fsp3) is 0.778. The molecule has 0 aromatic heterocycles. The van der Waals surface area contributed by atoms with Crippen LogP contribution < -0.4 is 0 Å². The second-order valence-electron chi connectivity index (χ2n) is 5.47. The van der Waals surface area contributed by atoms with E-state index < -0.39 is 0 Å². The third kappa shape index (κ3) is 17.2. The molecule has 0 atom stereocenters. The Hall–Kier alpha value is -1.03. The van der Waals surface area contributed by atoms with Gasteiger partial charge in [0.1, 0.15) is 6.61 Å². The normalized spacial score (nSPS) is 10.9. The first-order valence-corrected chi connectivity index (χ1v) is 9.26. The smallest absolute Gasteiger partial charge is 0.306 e. The van der Waals surface area contributed by atoms with Gasteiger partial charge in [-0.2, -0.15) is 0 Å². The van der Waals surface area contributed by atoms with Crippen LogP contribution >= 0.6 is 11.6 Å². The molecule has 134 valence electrons. The molecule has 0 saturated carbocycles. The molecule has 0 aromatic carbocycles. The summed E-state index contributed by atoms with van der Waals surface area (Å²) < 4.78 is 10.1. The summed E-state index contributed by atoms with van der Waals surface area (Å²) in [7, 11) is 0. The van der Waals surface area contributed by atoms with E-state index in [2.05, 4.69) is 6.92 Å². The SMILES string of the molecule is CCC/C=C\COC(=O)CCC(=O)OCCCCCCCCCl. The van der Waals surface area contributed by atoms with Crippen molar-refractivity contribution in [1.82, 2.24) is 0 Å². The molecule has 0 saturated heterocycles. The number of carbonyl (C=O) groups excluding carboxylic acids is 2. The molecular formula is C18H31ClO4. The summed E-state index contributed by atoms with van der Waals surface area (Å²) in [5.41, 5.74) is 0. The number of rotatable bonds is 15. The second kappa shape index (κ2) is 17.3. The number of allylic oxidation sites excluding steroid dienone is 1. The summed E-state index contributed by atoms with van der Waals surface area (Å²) in [4.78, 5) is 22.9. The highest BCUT2D eigenvalue weighted by Gasteiger charge is 2.08. The van der Waals surface area contributed by atoms with Gasteiger partial charge in [0, 0.05) is 5.88 Å². The molecule has 0 unspecified atom stereocenters. The Morgan fingerprint density at radius 2 is 1.48 bits per heavy atom. The van der Waals surface area contributed by atoms with Gasteiger partial charge >= 0.3 is 11.9 Å². The molecule has 0 aliphatic heterocycles. The van der Waals surface area contributed by atoms with E-state index in [1.165, 1.54) is 12.8 Å². The lowest BCUT2D eigenvalue weighted by Gasteiger charge is -2.05. The highest BCUT2D eigenvalue weighted by atomic mass is 35.5. The van der Waals surface area contributed by atoms with Gasteiger partial charge in [-0.15, -0.1) is 11.6 Å². The van der Waals surface area contributed by atoms with Crippen LogP contribution in [-0.4, -0.2) is 31.0 Å². The molecule has 0 fully saturated rings. The molecule has 0 radical (unpaired) electrons. The summed E-state index contributed by atoms with van der Waals surface area (Å²) in [6.07, 6.45) is 12.5. The van der Waals surface area contributed by atoms with Crippen LogP contribution in [0.3, 0.4) is 0 Å². The van der Waals surface area contributed by atoms with E-state index >= 15 is 0 Å². The largest absolute Gasteiger partial charge is 0.466 e. The zero-order chi connectivity index (χ0) is 17.2. The van der Waals surface area contributed by atoms with Crippen molar-refractivity contribution in [3.63, 3.8) is 0 Å². The first-order valence-electron chi connectivity index (χ1n) is 8.73. The monoisotopic (exact) mass is 346 g/mol. The minimum absolute atomic E-state index is 0.0822. The van der Waals surface area contributed by atoms with Crippen LogP contribution in [-0.2, 0) is 19.1 Å². The van der Waals surface area contributed by atoms with Gasteiger partial charge in [-0.3, -0.25) is 9.59 Å². The first kappa shape index (κ1) is 22.0. The van der Waals surface area contributed by atoms with Gasteiger partial charge < -0.3 is 9.47 Å². The van der Waals surface area contributed by atoms with Crippen molar-refractivity contribution in [2.75, 3.05) is 19.1 Å². The maximum Gasteiger partial charge on any atom is 0.306 e. The molecule has 0 aromatic rings. The number of hydrogen-bond acceptors (Lipinski definition) is 4. The van der Waals surface area contributed by atoms with Crippen molar-refractivity contribution in [3.05, 3.63) is 12.2 Å². The molecular weight excluding hydrogens is 316 g/mol. The summed E-state index contributed by atoms with van der Waals surface area (Å²) in [5.74, 6) is 0.0442. The molecule has 0 spiro atoms. The number of hydrogen-bond donors (Lipinski definition) is 0. The molecule has 0 rings (SSSR count). The third-order valence-electron chi connectivity index (χ3n) is 3.29. The molecule has 0 amide bonds. The van der Waals surface area contributed by atoms with Gasteiger partial charge in [0.15, 0.2) is 0 Å². The van der Waals surface area contributed by atoms with E-state index in [1.807, 2.05) is 12.2 Å². The molecule has 0 aliphatic rings. The zero-order valence-corrected chi connectivity index (χ0v) is 15.1. The maximum absolute atomic E-state index is 11.5. The number of esters is 2. The number of ether oxygens (including phenoxy) is 2. The topological polar surface area (TPSA) is 52.6 Å². The number of unbranched alkanes of at least 4 members (excludes halogenated alkanes) is 6. The van der Waals surface area contributed by atoms with E-state index in [4.69, 9.17) is 21.1 Å². The van der Waals surface area contributed by atoms with Crippen LogP contribution in [0, 0.1) is 0 Å². The minimum Gasteiger partial charge on any atom is -0.466 e. The Labute approximate surface area is 145 Å². The van der Waals surface area contributed by atoms with Crippen LogP contribution in [0.1, 0.15) is 71.1 Å². The maximum atomic E-state index is 11.5. The fourth-order valence-electron chi connectivity index (χ4n) is 1.93. The Morgan fingerprint density at radius 3 is 2.13 bits per heavy atom. The van der Waals surface area contributed by atoms with Crippen molar-refractivity contribution in [1.29, 1.82) is 0 Å². The molecule has 0 aliphatic carbocycles. The zero-order valence-electron chi connectivity index (χ0n) is 14.4. The number of halogens is 1. The van der Waals surface area contributed by atoms with E-state index in [1.54, 1.807) is 0 Å². The number of alkyl halides is 1. The molecule has 5 heteroatoms. The molecule has 23 heavy (non-hydrogen) atoms. The van der Waals surface area contributed by atoms with Gasteiger partial charge in [-0.05, 0) is 19.3 Å². The van der Waals surface area contributed by atoms with Crippen LogP contribution in [0.4, 0.5) is 0 Å². The lowest BCUT2D eigenvalue weighted by Crippen LogP contribution is -2.11. The Balaban J connectivity index is 3.40. The predicted molar refractivity (Wildman–Crippen MR) is 93.6 cm³/mol. The highest BCUT2D eigenvalue weighted by Crippen LogP contribution is 2.06. The first-order chi connectivity index (χ1) is 11.2. The lowest BCUT2D eigenvalue weighted by atomic mass is 10.1. The van der Waals surface area contributed by atoms with Gasteiger partial charge in [-0.25, -0.2) is 0 Å². The van der Waals surface area contributed by atoms with E-state index in [0.29, 0.717) is 6.61 Å². The summed E-state index contributed by atoms with van der Waals surface area (Å²) in [6, 6.07) is 0. The van der Waals surface area contributed by atoms with Crippen molar-refractivity contribution in [2.24, 2.45) is 0 Å². The quantitative estimate of drug-likeness (QED) is 0.185. The van der Waals surface area contributed by atoms with Crippen LogP contribution in [0.15, 0.2) is 12.2 Å². The Bertz CT molecular complexity index is 329. The van der Waals surface area contributed by atoms with E-state index in [9.17, 15) is 9.59 Å². The molecule has 0 heterocycles. The summed E-state index contributed by atoms with van der Waals surface area (Å²) in [6.45, 7) is 2.80. The van der Waals surface area contributed by atoms with Crippen molar-refractivity contribution in [3.8, 4) is 0 Å². The standard InChI is InChI=1S/C18H31ClO4/c1-2-3-4-10-15-22-17(20)12-13-18(21)23-16-11-8-6-5-7-9-14-19/h4,10H,2-3,5-9,11-16H2,1H3/b10-4-. The molecule has 4 nitrogen and oxygen atoms in total. The average molecular weight is 347 g/mol. The summed E-state index contributed by atoms with van der Waals surface area (Å²) in [5, 5.41) is 0. The van der Waals surface area contributed by atoms with Crippen molar-refractivity contribution in [2.45, 2.75) is 71.1 Å². The summed E-state index contributed by atoms with van der Waals surface area (Å²) >= 11 is 5.61. The fourth-order valence-corrected chi connectivity index (χ4v) is 2.12. The molecule has 0 bridgehead atoms. The molecule has 0 N–H and O–H groups in total. The lowest BCUT2D eigenvalue weighted by molar-refractivity contribution is -0.149. The van der Waals surface area contributed by atoms with Gasteiger partial charge in [0.05, 0.1) is 19.4 Å². The number of carbonyl (C=O) groups is 2. The van der Waals surface area contributed by atoms with Crippen molar-refractivity contribution >= 4 is 23.5 Å². The third-order valence-corrected chi connectivity index (χ3v) is 3.55. The minimum atomic E-state index is -0.359. The van der Waals surface area contributed by atoms with Crippen LogP contribution in [0.25, 0.3) is 0 Å². The van der Waals surface area contributed by atoms with Gasteiger partial charge in [0.25, 0.3) is 0 Å². The Morgan fingerprint density at radius 1 is 0.870 bits per heavy atom. The van der Waals surface area contributed by atoms with E-state index in [0.717, 1.165) is 44.4 Å². The Kier molecular flexibility index (Phi) is 16.5.